The minimum atomic E-state index is -0.670. The number of nitrogens with one attached hydrogen (secondary N) is 2. The number of amides is 2. The summed E-state index contributed by atoms with van der Waals surface area (Å²) in [5.41, 5.74) is 4.61. The second-order valence-electron chi connectivity index (χ2n) is 9.61. The van der Waals surface area contributed by atoms with Gasteiger partial charge in [-0.05, 0) is 24.8 Å². The summed E-state index contributed by atoms with van der Waals surface area (Å²) >= 11 is 1.26. The first-order valence-corrected chi connectivity index (χ1v) is 14.0. The molecule has 38 heavy (non-hydrogen) atoms. The smallest absolute Gasteiger partial charge is 0.303 e. The van der Waals surface area contributed by atoms with Gasteiger partial charge < -0.3 is 20.4 Å². The van der Waals surface area contributed by atoms with Crippen LogP contribution in [-0.4, -0.2) is 59.6 Å². The summed E-state index contributed by atoms with van der Waals surface area (Å²) in [5.74, 6) is -0.593. The fourth-order valence-electron chi connectivity index (χ4n) is 4.21. The largest absolute Gasteiger partial charge is 0.455 e. The first kappa shape index (κ1) is 31.0. The van der Waals surface area contributed by atoms with Gasteiger partial charge in [-0.3, -0.25) is 14.4 Å². The molecule has 0 bridgehead atoms. The highest BCUT2D eigenvalue weighted by atomic mass is 32.1. The Kier molecular flexibility index (Phi) is 12.4. The monoisotopic (exact) mass is 543 g/mol. The van der Waals surface area contributed by atoms with Gasteiger partial charge in [-0.15, -0.1) is 11.3 Å². The zero-order valence-electron chi connectivity index (χ0n) is 23.5. The highest BCUT2D eigenvalue weighted by molar-refractivity contribution is 7.09. The SMILES string of the molecule is CCCCC(=O)N(C)C(C[C@@H](OC(C)=O)c1nc(C(=O)N[C@H](C)C(=NNC)c2ccccc2)cs1)C(C)C. The van der Waals surface area contributed by atoms with E-state index in [1.807, 2.05) is 51.1 Å². The van der Waals surface area contributed by atoms with E-state index < -0.39 is 12.1 Å². The van der Waals surface area contributed by atoms with Gasteiger partial charge in [-0.1, -0.05) is 57.5 Å². The van der Waals surface area contributed by atoms with E-state index >= 15 is 0 Å². The zero-order chi connectivity index (χ0) is 28.2. The topological polar surface area (TPSA) is 113 Å². The second kappa shape index (κ2) is 15.2. The Morgan fingerprint density at radius 1 is 1.16 bits per heavy atom. The van der Waals surface area contributed by atoms with E-state index in [0.29, 0.717) is 23.6 Å². The molecule has 9 nitrogen and oxygen atoms in total. The van der Waals surface area contributed by atoms with Crippen LogP contribution in [0.2, 0.25) is 0 Å². The highest BCUT2D eigenvalue weighted by Gasteiger charge is 2.30. The average Bonchev–Trinajstić information content (AvgIpc) is 3.38. The average molecular weight is 544 g/mol. The third-order valence-corrected chi connectivity index (χ3v) is 7.19. The van der Waals surface area contributed by atoms with Gasteiger partial charge in [0.05, 0.1) is 11.8 Å². The van der Waals surface area contributed by atoms with Crippen LogP contribution in [0.4, 0.5) is 0 Å². The number of aromatic nitrogens is 1. The van der Waals surface area contributed by atoms with E-state index in [1.165, 1.54) is 18.3 Å². The molecule has 0 saturated carbocycles. The zero-order valence-corrected chi connectivity index (χ0v) is 24.3. The predicted molar refractivity (Wildman–Crippen MR) is 151 cm³/mol. The van der Waals surface area contributed by atoms with Crippen LogP contribution >= 0.6 is 11.3 Å². The summed E-state index contributed by atoms with van der Waals surface area (Å²) in [6, 6.07) is 9.06. The first-order chi connectivity index (χ1) is 18.1. The van der Waals surface area contributed by atoms with Crippen molar-refractivity contribution in [1.82, 2.24) is 20.6 Å². The van der Waals surface area contributed by atoms with Gasteiger partial charge in [-0.2, -0.15) is 5.10 Å². The van der Waals surface area contributed by atoms with Gasteiger partial charge in [0.25, 0.3) is 5.91 Å². The van der Waals surface area contributed by atoms with Crippen molar-refractivity contribution in [2.75, 3.05) is 14.1 Å². The van der Waals surface area contributed by atoms with Crippen molar-refractivity contribution in [2.45, 2.75) is 78.5 Å². The molecule has 2 rings (SSSR count). The molecule has 1 unspecified atom stereocenters. The van der Waals surface area contributed by atoms with Crippen molar-refractivity contribution in [3.05, 3.63) is 52.0 Å². The van der Waals surface area contributed by atoms with Crippen LogP contribution in [0.25, 0.3) is 0 Å². The number of unbranched alkanes of at least 4 members (excludes halogenated alkanes) is 1. The van der Waals surface area contributed by atoms with Crippen molar-refractivity contribution >= 4 is 34.8 Å². The number of nitrogens with zero attached hydrogens (tertiary/aromatic N) is 3. The van der Waals surface area contributed by atoms with Crippen LogP contribution in [0, 0.1) is 5.92 Å². The van der Waals surface area contributed by atoms with Crippen LogP contribution in [0.15, 0.2) is 40.8 Å². The number of benzene rings is 1. The van der Waals surface area contributed by atoms with Crippen molar-refractivity contribution < 1.29 is 19.1 Å². The number of rotatable bonds is 14. The molecule has 2 amide bonds. The van der Waals surface area contributed by atoms with Gasteiger partial charge in [0.2, 0.25) is 5.91 Å². The van der Waals surface area contributed by atoms with Crippen LogP contribution in [0.5, 0.6) is 0 Å². The summed E-state index contributed by atoms with van der Waals surface area (Å²) in [7, 11) is 3.51. The third kappa shape index (κ3) is 8.93. The molecular weight excluding hydrogens is 502 g/mol. The maximum absolute atomic E-state index is 13.1. The van der Waals surface area contributed by atoms with Crippen molar-refractivity contribution in [2.24, 2.45) is 11.0 Å². The molecule has 2 aromatic rings. The molecule has 0 spiro atoms. The number of carbonyl (C=O) groups excluding carboxylic acids is 3. The molecule has 2 N–H and O–H groups in total. The van der Waals surface area contributed by atoms with Crippen molar-refractivity contribution in [3.8, 4) is 0 Å². The molecular formula is C28H41N5O4S. The van der Waals surface area contributed by atoms with E-state index in [1.54, 1.807) is 24.4 Å². The number of hydrogen-bond acceptors (Lipinski definition) is 8. The molecule has 3 atom stereocenters. The number of ether oxygens (including phenoxy) is 1. The predicted octanol–water partition coefficient (Wildman–Crippen LogP) is 4.55. The summed E-state index contributed by atoms with van der Waals surface area (Å²) in [5, 5.41) is 9.49. The summed E-state index contributed by atoms with van der Waals surface area (Å²) < 4.78 is 5.64. The molecule has 0 aliphatic carbocycles. The first-order valence-electron chi connectivity index (χ1n) is 13.1. The quantitative estimate of drug-likeness (QED) is 0.205. The molecule has 0 fully saturated rings. The Labute approximate surface area is 230 Å². The minimum Gasteiger partial charge on any atom is -0.455 e. The molecule has 1 aromatic heterocycles. The molecule has 0 saturated heterocycles. The number of hydrogen-bond donors (Lipinski definition) is 2. The van der Waals surface area contributed by atoms with Crippen LogP contribution in [0.1, 0.15) is 87.5 Å². The number of carbonyl (C=O) groups is 3. The second-order valence-corrected chi connectivity index (χ2v) is 10.5. The maximum atomic E-state index is 13.1. The van der Waals surface area contributed by atoms with E-state index in [0.717, 1.165) is 18.4 Å². The van der Waals surface area contributed by atoms with Crippen LogP contribution in [0.3, 0.4) is 0 Å². The molecule has 0 aliphatic rings. The Morgan fingerprint density at radius 2 is 1.84 bits per heavy atom. The van der Waals surface area contributed by atoms with Crippen LogP contribution < -0.4 is 10.7 Å². The molecule has 1 aromatic carbocycles. The lowest BCUT2D eigenvalue weighted by atomic mass is 9.96. The third-order valence-electron chi connectivity index (χ3n) is 6.26. The van der Waals surface area contributed by atoms with Crippen LogP contribution in [-0.2, 0) is 14.3 Å². The van der Waals surface area contributed by atoms with Crippen molar-refractivity contribution in [3.63, 3.8) is 0 Å². The van der Waals surface area contributed by atoms with Gasteiger partial charge in [-0.25, -0.2) is 4.98 Å². The molecule has 0 aliphatic heterocycles. The Bertz CT molecular complexity index is 1090. The van der Waals surface area contributed by atoms with Gasteiger partial charge in [0.1, 0.15) is 10.7 Å². The Balaban J connectivity index is 2.21. The fraction of sp³-hybridized carbons (Fsp3) is 0.536. The molecule has 10 heteroatoms. The lowest BCUT2D eigenvalue weighted by molar-refractivity contribution is -0.148. The molecule has 208 valence electrons. The molecule has 0 radical (unpaired) electrons. The fourth-order valence-corrected chi connectivity index (χ4v) is 5.04. The maximum Gasteiger partial charge on any atom is 0.303 e. The number of thiazole rings is 1. The normalized spacial score (nSPS) is 13.9. The Morgan fingerprint density at radius 3 is 2.42 bits per heavy atom. The van der Waals surface area contributed by atoms with E-state index in [2.05, 4.69) is 27.8 Å². The number of esters is 1. The van der Waals surface area contributed by atoms with E-state index in [4.69, 9.17) is 4.74 Å². The summed E-state index contributed by atoms with van der Waals surface area (Å²) in [6.07, 6.45) is 1.98. The van der Waals surface area contributed by atoms with Gasteiger partial charge >= 0.3 is 5.97 Å². The summed E-state index contributed by atoms with van der Waals surface area (Å²) in [6.45, 7) is 9.34. The number of hydrazone groups is 1. The highest BCUT2D eigenvalue weighted by Crippen LogP contribution is 2.30. The lowest BCUT2D eigenvalue weighted by Gasteiger charge is -2.33. The standard InChI is InChI=1S/C28H41N5O4S/c1-8-9-15-25(35)33(7)23(18(2)3)16-24(37-20(5)34)28-31-22(17-38-28)27(36)30-19(4)26(32-29-6)21-13-11-10-12-14-21/h10-14,17-19,23-24,29H,8-9,15-16H2,1-7H3,(H,30,36)/t19-,23?,24-/m1/s1. The van der Waals surface area contributed by atoms with E-state index in [9.17, 15) is 14.4 Å². The minimum absolute atomic E-state index is 0.0674. The molecule has 1 heterocycles. The lowest BCUT2D eigenvalue weighted by Crippen LogP contribution is -2.41. The van der Waals surface area contributed by atoms with Gasteiger partial charge in [0, 0.05) is 45.3 Å². The Hall–Kier alpha value is -3.27. The van der Waals surface area contributed by atoms with E-state index in [-0.39, 0.29) is 35.5 Å². The van der Waals surface area contributed by atoms with Crippen molar-refractivity contribution in [1.29, 1.82) is 0 Å². The summed E-state index contributed by atoms with van der Waals surface area (Å²) in [4.78, 5) is 44.0. The van der Waals surface area contributed by atoms with Gasteiger partial charge in [0.15, 0.2) is 6.10 Å².